The molecular weight excluding hydrogens is 392 g/mol. The summed E-state index contributed by atoms with van der Waals surface area (Å²) in [7, 11) is 0. The Morgan fingerprint density at radius 2 is 0.871 bits per heavy atom. The summed E-state index contributed by atoms with van der Waals surface area (Å²) < 4.78 is 0. The first-order valence-corrected chi connectivity index (χ1v) is 13.2. The fourth-order valence-corrected chi connectivity index (χ4v) is 4.16. The highest BCUT2D eigenvalue weighted by Crippen LogP contribution is 2.31. The molecule has 0 aromatic heterocycles. The molecule has 1 aliphatic rings. The third kappa shape index (κ3) is 12.1. The summed E-state index contributed by atoms with van der Waals surface area (Å²) in [5.41, 5.74) is -2.11. The molecule has 182 valence electrons. The third-order valence-electron chi connectivity index (χ3n) is 6.40. The Morgan fingerprint density at radius 1 is 0.581 bits per heavy atom. The summed E-state index contributed by atoms with van der Waals surface area (Å²) in [5.74, 6) is -0.891. The zero-order chi connectivity index (χ0) is 22.8. The van der Waals surface area contributed by atoms with Crippen molar-refractivity contribution in [2.75, 3.05) is 0 Å². The van der Waals surface area contributed by atoms with E-state index in [9.17, 15) is 14.7 Å². The Morgan fingerprint density at radius 3 is 1.16 bits per heavy atom. The van der Waals surface area contributed by atoms with Crippen LogP contribution < -0.4 is 0 Å². The summed E-state index contributed by atoms with van der Waals surface area (Å²) in [4.78, 5) is 34.7. The van der Waals surface area contributed by atoms with Gasteiger partial charge in [-0.15, -0.1) is 0 Å². The topological polar surface area (TPSA) is 79.4 Å². The van der Waals surface area contributed by atoms with Gasteiger partial charge in [0.05, 0.1) is 0 Å². The zero-order valence-electron chi connectivity index (χ0n) is 20.3. The molecule has 1 saturated heterocycles. The Labute approximate surface area is 190 Å². The van der Waals surface area contributed by atoms with Gasteiger partial charge in [0.1, 0.15) is 0 Å². The average Bonchev–Trinajstić information content (AvgIpc) is 3.61. The second-order valence-electron chi connectivity index (χ2n) is 9.29. The van der Waals surface area contributed by atoms with Gasteiger partial charge in [0.15, 0.2) is 11.6 Å². The molecule has 0 aromatic rings. The molecule has 0 unspecified atom stereocenters. The van der Waals surface area contributed by atoms with Crippen LogP contribution in [0.15, 0.2) is 0 Å². The highest BCUT2D eigenvalue weighted by Gasteiger charge is 2.58. The largest absolute Gasteiger partial charge is 0.371 e. The first-order valence-electron chi connectivity index (χ1n) is 13.2. The van der Waals surface area contributed by atoms with Crippen molar-refractivity contribution in [3.05, 3.63) is 0 Å². The van der Waals surface area contributed by atoms with E-state index in [1.807, 2.05) is 0 Å². The van der Waals surface area contributed by atoms with Crippen molar-refractivity contribution in [3.8, 4) is 0 Å². The van der Waals surface area contributed by atoms with Gasteiger partial charge in [-0.25, -0.2) is 0 Å². The smallest absolute Gasteiger partial charge is 0.267 e. The molecule has 0 atom stereocenters. The van der Waals surface area contributed by atoms with Gasteiger partial charge >= 0.3 is 0 Å². The van der Waals surface area contributed by atoms with Crippen molar-refractivity contribution in [3.63, 3.8) is 0 Å². The Balaban J connectivity index is 2.18. The molecular formula is C26H48O5. The maximum absolute atomic E-state index is 12.6. The lowest BCUT2D eigenvalue weighted by molar-refractivity contribution is -0.154. The van der Waals surface area contributed by atoms with Crippen LogP contribution >= 0.6 is 0 Å². The van der Waals surface area contributed by atoms with Crippen LogP contribution in [0.4, 0.5) is 0 Å². The van der Waals surface area contributed by atoms with Crippen molar-refractivity contribution < 1.29 is 24.5 Å². The average molecular weight is 441 g/mol. The number of rotatable bonds is 23. The molecule has 0 radical (unpaired) electrons. The molecule has 0 spiro atoms. The van der Waals surface area contributed by atoms with Crippen molar-refractivity contribution in [1.29, 1.82) is 0 Å². The van der Waals surface area contributed by atoms with E-state index >= 15 is 0 Å². The van der Waals surface area contributed by atoms with Gasteiger partial charge in [-0.05, 0) is 12.8 Å². The van der Waals surface area contributed by atoms with Crippen LogP contribution in [0.2, 0.25) is 0 Å². The van der Waals surface area contributed by atoms with Crippen molar-refractivity contribution in [1.82, 2.24) is 0 Å². The van der Waals surface area contributed by atoms with Gasteiger partial charge in [-0.1, -0.05) is 117 Å². The summed E-state index contributed by atoms with van der Waals surface area (Å²) in [5, 5.41) is 10.8. The molecule has 5 nitrogen and oxygen atoms in total. The molecule has 1 N–H and O–H groups in total. The van der Waals surface area contributed by atoms with Crippen molar-refractivity contribution in [2.24, 2.45) is 0 Å². The second kappa shape index (κ2) is 17.7. The first-order chi connectivity index (χ1) is 15.1. The highest BCUT2D eigenvalue weighted by atomic mass is 17.4. The van der Waals surface area contributed by atoms with Crippen LogP contribution in [0.25, 0.3) is 0 Å². The molecule has 1 heterocycles. The van der Waals surface area contributed by atoms with Crippen LogP contribution in [0, 0.1) is 0 Å². The lowest BCUT2D eigenvalue weighted by Gasteiger charge is -2.21. The van der Waals surface area contributed by atoms with E-state index < -0.39 is 23.5 Å². The van der Waals surface area contributed by atoms with Crippen LogP contribution in [-0.4, -0.2) is 28.6 Å². The van der Waals surface area contributed by atoms with E-state index in [-0.39, 0.29) is 12.8 Å². The van der Waals surface area contributed by atoms with Crippen LogP contribution in [0.3, 0.4) is 0 Å². The molecule has 0 bridgehead atoms. The number of carbonyl (C=O) groups is 2. The van der Waals surface area contributed by atoms with Crippen LogP contribution in [0.5, 0.6) is 0 Å². The van der Waals surface area contributed by atoms with Crippen molar-refractivity contribution in [2.45, 2.75) is 154 Å². The monoisotopic (exact) mass is 440 g/mol. The Kier molecular flexibility index (Phi) is 16.2. The molecule has 5 heteroatoms. The highest BCUT2D eigenvalue weighted by molar-refractivity contribution is 6.10. The molecule has 0 saturated carbocycles. The standard InChI is InChI=1S/C26H48O5/c1-3-5-7-9-11-13-15-17-19-21-23(27)26(29,25-30-31-25)24(28)22-20-18-16-14-12-10-8-6-4-2/h25,29H,3-22H2,1-2H3. The minimum Gasteiger partial charge on any atom is -0.371 e. The number of carbonyl (C=O) groups excluding carboxylic acids is 2. The molecule has 0 aromatic carbocycles. The normalized spacial score (nSPS) is 14.2. The van der Waals surface area contributed by atoms with Gasteiger partial charge in [0.25, 0.3) is 6.29 Å². The lowest BCUT2D eigenvalue weighted by Crippen LogP contribution is -2.51. The van der Waals surface area contributed by atoms with Crippen LogP contribution in [-0.2, 0) is 19.4 Å². The summed E-state index contributed by atoms with van der Waals surface area (Å²) >= 11 is 0. The molecule has 1 aliphatic heterocycles. The first kappa shape index (κ1) is 28.3. The predicted octanol–water partition coefficient (Wildman–Crippen LogP) is 6.99. The molecule has 0 aliphatic carbocycles. The Hall–Kier alpha value is -0.780. The quantitative estimate of drug-likeness (QED) is 0.0802. The molecule has 1 rings (SSSR count). The van der Waals surface area contributed by atoms with E-state index in [1.165, 1.54) is 77.0 Å². The van der Waals surface area contributed by atoms with Gasteiger partial charge in [-0.2, -0.15) is 9.78 Å². The molecule has 31 heavy (non-hydrogen) atoms. The van der Waals surface area contributed by atoms with E-state index in [2.05, 4.69) is 13.8 Å². The van der Waals surface area contributed by atoms with E-state index in [0.29, 0.717) is 12.8 Å². The number of aliphatic hydroxyl groups is 1. The van der Waals surface area contributed by atoms with E-state index in [0.717, 1.165) is 25.7 Å². The molecule has 0 amide bonds. The van der Waals surface area contributed by atoms with E-state index in [4.69, 9.17) is 9.78 Å². The van der Waals surface area contributed by atoms with Gasteiger partial charge in [0.2, 0.25) is 5.60 Å². The summed E-state index contributed by atoms with van der Waals surface area (Å²) in [6.07, 6.45) is 20.0. The fourth-order valence-electron chi connectivity index (χ4n) is 4.16. The maximum atomic E-state index is 12.6. The van der Waals surface area contributed by atoms with Gasteiger partial charge < -0.3 is 5.11 Å². The number of hydrogen-bond acceptors (Lipinski definition) is 5. The number of ketones is 2. The predicted molar refractivity (Wildman–Crippen MR) is 125 cm³/mol. The van der Waals surface area contributed by atoms with E-state index in [1.54, 1.807) is 0 Å². The summed E-state index contributed by atoms with van der Waals surface area (Å²) in [6, 6.07) is 0. The summed E-state index contributed by atoms with van der Waals surface area (Å²) in [6.45, 7) is 4.44. The second-order valence-corrected chi connectivity index (χ2v) is 9.29. The van der Waals surface area contributed by atoms with Crippen LogP contribution in [0.1, 0.15) is 142 Å². The number of unbranched alkanes of at least 4 members (excludes halogenated alkanes) is 16. The maximum Gasteiger partial charge on any atom is 0.267 e. The number of hydrogen-bond donors (Lipinski definition) is 1. The minimum atomic E-state index is -2.11. The van der Waals surface area contributed by atoms with Crippen molar-refractivity contribution >= 4 is 11.6 Å². The minimum absolute atomic E-state index is 0.207. The lowest BCUT2D eigenvalue weighted by atomic mass is 9.87. The van der Waals surface area contributed by atoms with Gasteiger partial charge in [0, 0.05) is 12.8 Å². The fraction of sp³-hybridized carbons (Fsp3) is 0.923. The SMILES string of the molecule is CCCCCCCCCCCC(=O)C(O)(C(=O)CCCCCCCCCCC)C1OO1. The Bertz CT molecular complexity index is 438. The zero-order valence-corrected chi connectivity index (χ0v) is 20.3. The number of Topliss-reactive ketones (excluding diaryl/α,β-unsaturated/α-hetero) is 2. The van der Waals surface area contributed by atoms with Gasteiger partial charge in [-0.3, -0.25) is 9.59 Å². The molecule has 1 fully saturated rings. The third-order valence-corrected chi connectivity index (χ3v) is 6.40.